The van der Waals surface area contributed by atoms with Crippen LogP contribution in [-0.4, -0.2) is 18.3 Å². The molecule has 0 atom stereocenters. The highest BCUT2D eigenvalue weighted by Gasteiger charge is 2.29. The maximum absolute atomic E-state index is 9.10. The molecule has 0 rings (SSSR count). The predicted octanol–water partition coefficient (Wildman–Crippen LogP) is 2.41. The first kappa shape index (κ1) is 13.9. The molecule has 0 fully saturated rings. The van der Waals surface area contributed by atoms with Gasteiger partial charge in [-0.25, -0.2) is 0 Å². The van der Waals surface area contributed by atoms with Crippen LogP contribution in [0.3, 0.4) is 0 Å². The van der Waals surface area contributed by atoms with Crippen LogP contribution in [0.1, 0.15) is 47.0 Å². The van der Waals surface area contributed by atoms with Crippen molar-refractivity contribution in [2.24, 2.45) is 23.0 Å². The second-order valence-electron chi connectivity index (χ2n) is 5.37. The van der Waals surface area contributed by atoms with Crippen LogP contribution < -0.4 is 5.73 Å². The third kappa shape index (κ3) is 4.97. The lowest BCUT2D eigenvalue weighted by Gasteiger charge is -2.35. The molecule has 86 valence electrons. The SMILES string of the molecule is CC(C)CC(CN)(CCO)CC(C)C. The fourth-order valence-corrected chi connectivity index (χ4v) is 2.53. The molecule has 0 aliphatic carbocycles. The van der Waals surface area contributed by atoms with E-state index in [9.17, 15) is 0 Å². The third-order valence-corrected chi connectivity index (χ3v) is 2.76. The molecule has 0 aliphatic rings. The predicted molar refractivity (Wildman–Crippen MR) is 62.1 cm³/mol. The quantitative estimate of drug-likeness (QED) is 0.664. The van der Waals surface area contributed by atoms with Gasteiger partial charge in [-0.3, -0.25) is 0 Å². The van der Waals surface area contributed by atoms with E-state index >= 15 is 0 Å². The van der Waals surface area contributed by atoms with E-state index in [1.165, 1.54) is 0 Å². The summed E-state index contributed by atoms with van der Waals surface area (Å²) in [6.07, 6.45) is 3.10. The highest BCUT2D eigenvalue weighted by Crippen LogP contribution is 2.35. The molecule has 2 nitrogen and oxygen atoms in total. The number of aliphatic hydroxyl groups excluding tert-OH is 1. The van der Waals surface area contributed by atoms with E-state index in [4.69, 9.17) is 10.8 Å². The Morgan fingerprint density at radius 2 is 1.50 bits per heavy atom. The van der Waals surface area contributed by atoms with E-state index in [0.717, 1.165) is 19.3 Å². The van der Waals surface area contributed by atoms with Gasteiger partial charge in [0.05, 0.1) is 0 Å². The molecule has 0 amide bonds. The van der Waals surface area contributed by atoms with Crippen molar-refractivity contribution >= 4 is 0 Å². The van der Waals surface area contributed by atoms with Gasteiger partial charge in [0.1, 0.15) is 0 Å². The minimum absolute atomic E-state index is 0.164. The summed E-state index contributed by atoms with van der Waals surface area (Å²) >= 11 is 0. The summed E-state index contributed by atoms with van der Waals surface area (Å²) in [4.78, 5) is 0. The molecule has 0 aromatic rings. The Labute approximate surface area is 88.9 Å². The van der Waals surface area contributed by atoms with Crippen LogP contribution in [0.5, 0.6) is 0 Å². The van der Waals surface area contributed by atoms with Gasteiger partial charge in [0.25, 0.3) is 0 Å². The number of rotatable bonds is 7. The highest BCUT2D eigenvalue weighted by molar-refractivity contribution is 4.82. The average Bonchev–Trinajstić information content (AvgIpc) is 2.02. The lowest BCUT2D eigenvalue weighted by Crippen LogP contribution is -2.34. The average molecular weight is 201 g/mol. The lowest BCUT2D eigenvalue weighted by atomic mass is 9.72. The second-order valence-corrected chi connectivity index (χ2v) is 5.37. The van der Waals surface area contributed by atoms with Gasteiger partial charge in [0, 0.05) is 6.61 Å². The molecule has 2 heteroatoms. The Balaban J connectivity index is 4.42. The van der Waals surface area contributed by atoms with Crippen LogP contribution in [0, 0.1) is 17.3 Å². The third-order valence-electron chi connectivity index (χ3n) is 2.76. The zero-order valence-electron chi connectivity index (χ0n) is 10.2. The zero-order chi connectivity index (χ0) is 11.2. The Morgan fingerprint density at radius 3 is 1.71 bits per heavy atom. The van der Waals surface area contributed by atoms with Crippen LogP contribution in [0.4, 0.5) is 0 Å². The maximum Gasteiger partial charge on any atom is 0.0436 e. The van der Waals surface area contributed by atoms with Crippen molar-refractivity contribution in [1.82, 2.24) is 0 Å². The Morgan fingerprint density at radius 1 is 1.07 bits per heavy atom. The van der Waals surface area contributed by atoms with Gasteiger partial charge in [0.15, 0.2) is 0 Å². The maximum atomic E-state index is 9.10. The van der Waals surface area contributed by atoms with E-state index < -0.39 is 0 Å². The lowest BCUT2D eigenvalue weighted by molar-refractivity contribution is 0.131. The number of hydrogen-bond acceptors (Lipinski definition) is 2. The molecule has 0 radical (unpaired) electrons. The number of nitrogens with two attached hydrogens (primary N) is 1. The molecule has 3 N–H and O–H groups in total. The molecule has 0 saturated heterocycles. The number of hydrogen-bond donors (Lipinski definition) is 2. The van der Waals surface area contributed by atoms with Gasteiger partial charge in [-0.1, -0.05) is 27.7 Å². The highest BCUT2D eigenvalue weighted by atomic mass is 16.3. The smallest absolute Gasteiger partial charge is 0.0436 e. The van der Waals surface area contributed by atoms with Crippen molar-refractivity contribution in [3.8, 4) is 0 Å². The van der Waals surface area contributed by atoms with Crippen LogP contribution in [0.2, 0.25) is 0 Å². The minimum Gasteiger partial charge on any atom is -0.396 e. The largest absolute Gasteiger partial charge is 0.396 e. The monoisotopic (exact) mass is 201 g/mol. The van der Waals surface area contributed by atoms with Gasteiger partial charge in [-0.05, 0) is 43.1 Å². The summed E-state index contributed by atoms with van der Waals surface area (Å²) in [5.74, 6) is 1.31. The zero-order valence-corrected chi connectivity index (χ0v) is 10.2. The molecule has 0 aromatic carbocycles. The van der Waals surface area contributed by atoms with Crippen molar-refractivity contribution in [3.05, 3.63) is 0 Å². The fourth-order valence-electron chi connectivity index (χ4n) is 2.53. The van der Waals surface area contributed by atoms with Crippen molar-refractivity contribution in [1.29, 1.82) is 0 Å². The Kier molecular flexibility index (Phi) is 6.38. The first-order chi connectivity index (χ1) is 6.45. The molecular formula is C12H27NO. The van der Waals surface area contributed by atoms with Gasteiger partial charge >= 0.3 is 0 Å². The van der Waals surface area contributed by atoms with Gasteiger partial charge < -0.3 is 10.8 Å². The van der Waals surface area contributed by atoms with Crippen LogP contribution in [0.15, 0.2) is 0 Å². The summed E-state index contributed by atoms with van der Waals surface area (Å²) < 4.78 is 0. The normalized spacial score (nSPS) is 12.9. The topological polar surface area (TPSA) is 46.2 Å². The molecule has 0 spiro atoms. The molecule has 14 heavy (non-hydrogen) atoms. The van der Waals surface area contributed by atoms with Crippen molar-refractivity contribution < 1.29 is 5.11 Å². The standard InChI is InChI=1S/C12H27NO/c1-10(2)7-12(9-13,5-6-14)8-11(3)4/h10-11,14H,5-9,13H2,1-4H3. The minimum atomic E-state index is 0.164. The second kappa shape index (κ2) is 6.41. The molecule has 0 heterocycles. The fraction of sp³-hybridized carbons (Fsp3) is 1.00. The first-order valence-electron chi connectivity index (χ1n) is 5.76. The summed E-state index contributed by atoms with van der Waals surface area (Å²) in [7, 11) is 0. The molecule has 0 unspecified atom stereocenters. The van der Waals surface area contributed by atoms with Crippen LogP contribution >= 0.6 is 0 Å². The summed E-state index contributed by atoms with van der Waals surface area (Å²) in [5.41, 5.74) is 6.04. The van der Waals surface area contributed by atoms with Crippen molar-refractivity contribution in [2.75, 3.05) is 13.2 Å². The molecule has 0 aromatic heterocycles. The summed E-state index contributed by atoms with van der Waals surface area (Å²) in [5, 5.41) is 9.10. The van der Waals surface area contributed by atoms with E-state index in [-0.39, 0.29) is 12.0 Å². The van der Waals surface area contributed by atoms with Crippen LogP contribution in [-0.2, 0) is 0 Å². The molecule has 0 saturated carbocycles. The first-order valence-corrected chi connectivity index (χ1v) is 5.76. The molecular weight excluding hydrogens is 174 g/mol. The Bertz CT molecular complexity index is 133. The van der Waals surface area contributed by atoms with E-state index in [0.29, 0.717) is 18.4 Å². The van der Waals surface area contributed by atoms with Crippen molar-refractivity contribution in [2.45, 2.75) is 47.0 Å². The van der Waals surface area contributed by atoms with Crippen molar-refractivity contribution in [3.63, 3.8) is 0 Å². The van der Waals surface area contributed by atoms with E-state index in [2.05, 4.69) is 27.7 Å². The van der Waals surface area contributed by atoms with E-state index in [1.807, 2.05) is 0 Å². The summed E-state index contributed by atoms with van der Waals surface area (Å²) in [6, 6.07) is 0. The van der Waals surface area contributed by atoms with Gasteiger partial charge in [0.2, 0.25) is 0 Å². The summed E-state index contributed by atoms with van der Waals surface area (Å²) in [6.45, 7) is 9.86. The van der Waals surface area contributed by atoms with Gasteiger partial charge in [-0.15, -0.1) is 0 Å². The molecule has 0 bridgehead atoms. The van der Waals surface area contributed by atoms with Crippen LogP contribution in [0.25, 0.3) is 0 Å². The van der Waals surface area contributed by atoms with Gasteiger partial charge in [-0.2, -0.15) is 0 Å². The van der Waals surface area contributed by atoms with E-state index in [1.54, 1.807) is 0 Å². The number of aliphatic hydroxyl groups is 1. The molecule has 0 aliphatic heterocycles. The Hall–Kier alpha value is -0.0800.